The van der Waals surface area contributed by atoms with E-state index in [4.69, 9.17) is 4.74 Å². The lowest BCUT2D eigenvalue weighted by atomic mass is 10.0. The molecule has 0 spiro atoms. The molecule has 1 aromatic heterocycles. The first-order chi connectivity index (χ1) is 14.8. The lowest BCUT2D eigenvalue weighted by molar-refractivity contribution is 0.234. The molecule has 0 radical (unpaired) electrons. The van der Waals surface area contributed by atoms with Crippen molar-refractivity contribution in [3.05, 3.63) is 47.3 Å². The summed E-state index contributed by atoms with van der Waals surface area (Å²) >= 11 is 1.13. The zero-order valence-corrected chi connectivity index (χ0v) is 19.9. The molecule has 7 nitrogen and oxygen atoms in total. The standard InChI is InChI=1S/C21H28N2O5S3/c1-28-17-8-6-16(7-9-17)19(23-10-2-3-11-23)13-22-18-14-30(24,25)15-20(18)31(26,27)21-5-4-12-29-21/h4-9,12,18-20,22H,2-3,10-11,13-15H2,1H3/t18-,19?,20-/m0/s1. The van der Waals surface area contributed by atoms with Gasteiger partial charge in [0, 0.05) is 18.6 Å². The smallest absolute Gasteiger partial charge is 0.193 e. The average Bonchev–Trinajstić information content (AvgIpc) is 3.50. The van der Waals surface area contributed by atoms with E-state index < -0.39 is 31.0 Å². The van der Waals surface area contributed by atoms with Crippen LogP contribution < -0.4 is 10.1 Å². The lowest BCUT2D eigenvalue weighted by Gasteiger charge is -2.30. The van der Waals surface area contributed by atoms with Gasteiger partial charge in [-0.25, -0.2) is 16.8 Å². The van der Waals surface area contributed by atoms with Crippen LogP contribution in [0.15, 0.2) is 46.0 Å². The quantitative estimate of drug-likeness (QED) is 0.614. The number of thiophene rings is 1. The summed E-state index contributed by atoms with van der Waals surface area (Å²) in [5.74, 6) is 0.292. The van der Waals surface area contributed by atoms with Crippen LogP contribution in [0.1, 0.15) is 24.4 Å². The summed E-state index contributed by atoms with van der Waals surface area (Å²) in [7, 11) is -5.51. The van der Waals surface area contributed by atoms with Crippen LogP contribution in [0.2, 0.25) is 0 Å². The summed E-state index contributed by atoms with van der Waals surface area (Å²) in [5.41, 5.74) is 1.11. The zero-order chi connectivity index (χ0) is 22.1. The molecule has 4 rings (SSSR count). The van der Waals surface area contributed by atoms with E-state index in [0.29, 0.717) is 6.54 Å². The second-order valence-corrected chi connectivity index (χ2v) is 13.6. The molecular formula is C21H28N2O5S3. The van der Waals surface area contributed by atoms with Gasteiger partial charge >= 0.3 is 0 Å². The molecule has 2 aromatic rings. The maximum absolute atomic E-state index is 13.1. The van der Waals surface area contributed by atoms with E-state index in [1.54, 1.807) is 24.6 Å². The summed E-state index contributed by atoms with van der Waals surface area (Å²) in [6, 6.07) is 10.5. The van der Waals surface area contributed by atoms with Crippen molar-refractivity contribution in [3.8, 4) is 5.75 Å². The van der Waals surface area contributed by atoms with E-state index >= 15 is 0 Å². The first-order valence-corrected chi connectivity index (χ1v) is 14.6. The fraction of sp³-hybridized carbons (Fsp3) is 0.524. The summed E-state index contributed by atoms with van der Waals surface area (Å²) in [6.45, 7) is 2.43. The Labute approximate surface area is 188 Å². The Morgan fingerprint density at radius 1 is 1.16 bits per heavy atom. The van der Waals surface area contributed by atoms with Crippen molar-refractivity contribution in [1.29, 1.82) is 0 Å². The van der Waals surface area contributed by atoms with E-state index in [2.05, 4.69) is 10.2 Å². The Hall–Kier alpha value is -1.46. The normalized spacial score (nSPS) is 24.9. The molecule has 2 saturated heterocycles. The number of ether oxygens (including phenoxy) is 1. The van der Waals surface area contributed by atoms with Gasteiger partial charge in [-0.05, 0) is 55.1 Å². The van der Waals surface area contributed by atoms with Gasteiger partial charge < -0.3 is 10.1 Å². The van der Waals surface area contributed by atoms with Crippen molar-refractivity contribution in [2.75, 3.05) is 38.2 Å². The Morgan fingerprint density at radius 3 is 2.48 bits per heavy atom. The Morgan fingerprint density at radius 2 is 1.87 bits per heavy atom. The second kappa shape index (κ2) is 9.19. The topological polar surface area (TPSA) is 92.8 Å². The molecule has 2 aliphatic rings. The molecule has 3 atom stereocenters. The van der Waals surface area contributed by atoms with Gasteiger partial charge in [0.1, 0.15) is 9.96 Å². The molecule has 1 unspecified atom stereocenters. The molecule has 31 heavy (non-hydrogen) atoms. The molecule has 2 aliphatic heterocycles. The molecule has 170 valence electrons. The number of nitrogens with one attached hydrogen (secondary N) is 1. The maximum Gasteiger partial charge on any atom is 0.193 e. The summed E-state index contributed by atoms with van der Waals surface area (Å²) in [6.07, 6.45) is 2.25. The van der Waals surface area contributed by atoms with E-state index in [1.165, 1.54) is 0 Å². The highest BCUT2D eigenvalue weighted by Gasteiger charge is 2.46. The SMILES string of the molecule is COc1ccc(C(CN[C@H]2CS(=O)(=O)C[C@@H]2S(=O)(=O)c2cccs2)N2CCCC2)cc1. The van der Waals surface area contributed by atoms with Crippen molar-refractivity contribution < 1.29 is 21.6 Å². The number of likely N-dealkylation sites (tertiary alicyclic amines) is 1. The predicted octanol–water partition coefficient (Wildman–Crippen LogP) is 2.12. The molecule has 10 heteroatoms. The third-order valence-electron chi connectivity index (χ3n) is 6.13. The van der Waals surface area contributed by atoms with Crippen LogP contribution in [-0.2, 0) is 19.7 Å². The number of benzene rings is 1. The minimum atomic E-state index is -3.71. The van der Waals surface area contributed by atoms with Gasteiger partial charge in [0.05, 0.1) is 23.9 Å². The molecule has 1 aromatic carbocycles. The van der Waals surface area contributed by atoms with Gasteiger partial charge in [-0.1, -0.05) is 18.2 Å². The van der Waals surface area contributed by atoms with E-state index in [9.17, 15) is 16.8 Å². The molecule has 2 fully saturated rings. The van der Waals surface area contributed by atoms with Crippen molar-refractivity contribution >= 4 is 31.0 Å². The minimum absolute atomic E-state index is 0.0433. The average molecular weight is 485 g/mol. The summed E-state index contributed by atoms with van der Waals surface area (Å²) < 4.78 is 56.5. The highest BCUT2D eigenvalue weighted by Crippen LogP contribution is 2.30. The van der Waals surface area contributed by atoms with Crippen LogP contribution in [-0.4, -0.2) is 71.3 Å². The first kappa shape index (κ1) is 22.7. The predicted molar refractivity (Wildman–Crippen MR) is 122 cm³/mol. The Balaban J connectivity index is 1.55. The fourth-order valence-electron chi connectivity index (χ4n) is 4.49. The number of hydrogen-bond acceptors (Lipinski definition) is 8. The van der Waals surface area contributed by atoms with Gasteiger partial charge in [-0.15, -0.1) is 11.3 Å². The van der Waals surface area contributed by atoms with Gasteiger partial charge in [-0.3, -0.25) is 4.90 Å². The van der Waals surface area contributed by atoms with Crippen molar-refractivity contribution in [2.45, 2.75) is 34.4 Å². The van der Waals surface area contributed by atoms with Crippen molar-refractivity contribution in [3.63, 3.8) is 0 Å². The minimum Gasteiger partial charge on any atom is -0.497 e. The Kier molecular flexibility index (Phi) is 6.73. The fourth-order valence-corrected chi connectivity index (χ4v) is 10.4. The number of nitrogens with zero attached hydrogens (tertiary/aromatic N) is 1. The summed E-state index contributed by atoms with van der Waals surface area (Å²) in [5, 5.41) is 4.07. The van der Waals surface area contributed by atoms with E-state index in [-0.39, 0.29) is 21.8 Å². The van der Waals surface area contributed by atoms with E-state index in [1.807, 2.05) is 24.3 Å². The zero-order valence-electron chi connectivity index (χ0n) is 17.4. The molecule has 0 amide bonds. The number of sulfone groups is 2. The molecule has 1 N–H and O–H groups in total. The number of hydrogen-bond donors (Lipinski definition) is 1. The highest BCUT2D eigenvalue weighted by atomic mass is 32.2. The summed E-state index contributed by atoms with van der Waals surface area (Å²) in [4.78, 5) is 2.38. The third-order valence-corrected chi connectivity index (χ3v) is 11.7. The second-order valence-electron chi connectivity index (χ2n) is 8.14. The van der Waals surface area contributed by atoms with Gasteiger partial charge in [0.15, 0.2) is 19.7 Å². The first-order valence-electron chi connectivity index (χ1n) is 10.4. The van der Waals surface area contributed by atoms with Crippen LogP contribution in [0.3, 0.4) is 0 Å². The van der Waals surface area contributed by atoms with Crippen LogP contribution in [0, 0.1) is 0 Å². The molecule has 3 heterocycles. The molecule has 0 aliphatic carbocycles. The third kappa shape index (κ3) is 4.98. The number of methoxy groups -OCH3 is 1. The van der Waals surface area contributed by atoms with Gasteiger partial charge in [0.2, 0.25) is 0 Å². The van der Waals surface area contributed by atoms with Gasteiger partial charge in [0.25, 0.3) is 0 Å². The molecule has 0 bridgehead atoms. The van der Waals surface area contributed by atoms with Crippen LogP contribution in [0.25, 0.3) is 0 Å². The molecule has 0 saturated carbocycles. The van der Waals surface area contributed by atoms with Crippen molar-refractivity contribution in [1.82, 2.24) is 10.2 Å². The van der Waals surface area contributed by atoms with Crippen molar-refractivity contribution in [2.24, 2.45) is 0 Å². The largest absolute Gasteiger partial charge is 0.497 e. The van der Waals surface area contributed by atoms with Crippen LogP contribution >= 0.6 is 11.3 Å². The monoisotopic (exact) mass is 484 g/mol. The molecular weight excluding hydrogens is 456 g/mol. The van der Waals surface area contributed by atoms with Crippen LogP contribution in [0.4, 0.5) is 0 Å². The van der Waals surface area contributed by atoms with E-state index in [0.717, 1.165) is 48.6 Å². The highest BCUT2D eigenvalue weighted by molar-refractivity contribution is 7.97. The maximum atomic E-state index is 13.1. The van der Waals surface area contributed by atoms with Gasteiger partial charge in [-0.2, -0.15) is 0 Å². The lowest BCUT2D eigenvalue weighted by Crippen LogP contribution is -2.46. The van der Waals surface area contributed by atoms with Crippen LogP contribution in [0.5, 0.6) is 5.75 Å². The Bertz CT molecular complexity index is 1080. The number of rotatable bonds is 8.